The minimum absolute atomic E-state index is 0. The molecule has 1 unspecified atom stereocenters. The molecule has 8 heteroatoms. The highest BCUT2D eigenvalue weighted by atomic mass is 127. The molecule has 2 heterocycles. The van der Waals surface area contributed by atoms with Gasteiger partial charge < -0.3 is 15.4 Å². The van der Waals surface area contributed by atoms with E-state index in [0.717, 1.165) is 48.1 Å². The number of methoxy groups -OCH3 is 1. The van der Waals surface area contributed by atoms with Crippen molar-refractivity contribution in [2.24, 2.45) is 4.99 Å². The van der Waals surface area contributed by atoms with Crippen LogP contribution >= 0.6 is 24.0 Å². The Bertz CT molecular complexity index is 955. The van der Waals surface area contributed by atoms with E-state index in [9.17, 15) is 0 Å². The maximum absolute atomic E-state index is 5.50. The molecule has 0 aliphatic rings. The van der Waals surface area contributed by atoms with E-state index in [4.69, 9.17) is 4.74 Å². The number of pyridine rings is 1. The number of aliphatic imine (C=N–C) groups is 1. The van der Waals surface area contributed by atoms with Crippen LogP contribution in [0.4, 0.5) is 0 Å². The van der Waals surface area contributed by atoms with Crippen LogP contribution in [0.2, 0.25) is 0 Å². The van der Waals surface area contributed by atoms with E-state index in [0.29, 0.717) is 0 Å². The van der Waals surface area contributed by atoms with Crippen molar-refractivity contribution in [2.75, 3.05) is 20.7 Å². The molecule has 3 rings (SSSR count). The number of benzene rings is 1. The molecule has 29 heavy (non-hydrogen) atoms. The number of hydrogen-bond acceptors (Lipinski definition) is 4. The maximum Gasteiger partial charge on any atom is 0.191 e. The monoisotopic (exact) mass is 508 g/mol. The number of guanidine groups is 1. The van der Waals surface area contributed by atoms with Gasteiger partial charge in [-0.1, -0.05) is 23.8 Å². The second-order valence-corrected chi connectivity index (χ2v) is 6.76. The van der Waals surface area contributed by atoms with E-state index in [1.54, 1.807) is 14.2 Å². The van der Waals surface area contributed by atoms with Crippen molar-refractivity contribution in [1.82, 2.24) is 25.2 Å². The lowest BCUT2D eigenvalue weighted by molar-refractivity contribution is 0.405. The maximum atomic E-state index is 5.50. The Kier molecular flexibility index (Phi) is 8.69. The summed E-state index contributed by atoms with van der Waals surface area (Å²) < 4.78 is 7.52. The van der Waals surface area contributed by atoms with Crippen LogP contribution < -0.4 is 15.4 Å². The van der Waals surface area contributed by atoms with Gasteiger partial charge in [0.2, 0.25) is 0 Å². The Balaban J connectivity index is 0.00000300. The van der Waals surface area contributed by atoms with E-state index in [-0.39, 0.29) is 30.0 Å². The van der Waals surface area contributed by atoms with Gasteiger partial charge in [-0.2, -0.15) is 0 Å². The molecule has 7 nitrogen and oxygen atoms in total. The first-order valence-corrected chi connectivity index (χ1v) is 9.52. The minimum atomic E-state index is 0. The second kappa shape index (κ2) is 11.0. The zero-order valence-electron chi connectivity index (χ0n) is 17.3. The molecule has 0 radical (unpaired) electrons. The average molecular weight is 508 g/mol. The average Bonchev–Trinajstić information content (AvgIpc) is 3.13. The highest BCUT2D eigenvalue weighted by Gasteiger charge is 2.13. The number of fused-ring (bicyclic) bond motifs is 1. The van der Waals surface area contributed by atoms with E-state index >= 15 is 0 Å². The van der Waals surface area contributed by atoms with Crippen LogP contribution in [-0.2, 0) is 6.42 Å². The molecular formula is C21H29IN6O. The Hall–Kier alpha value is -2.36. The molecule has 0 aliphatic carbocycles. The first-order chi connectivity index (χ1) is 13.6. The Labute approximate surface area is 189 Å². The largest absolute Gasteiger partial charge is 0.496 e. The van der Waals surface area contributed by atoms with Gasteiger partial charge in [0.15, 0.2) is 11.6 Å². The summed E-state index contributed by atoms with van der Waals surface area (Å²) in [6, 6.07) is 12.2. The lowest BCUT2D eigenvalue weighted by Crippen LogP contribution is -2.39. The first-order valence-electron chi connectivity index (χ1n) is 9.52. The van der Waals surface area contributed by atoms with E-state index in [1.807, 2.05) is 34.9 Å². The van der Waals surface area contributed by atoms with E-state index in [2.05, 4.69) is 51.8 Å². The fourth-order valence-corrected chi connectivity index (χ4v) is 3.18. The van der Waals surface area contributed by atoms with Crippen LogP contribution in [0.5, 0.6) is 5.75 Å². The molecule has 0 spiro atoms. The normalized spacial score (nSPS) is 12.3. The third-order valence-corrected chi connectivity index (χ3v) is 4.68. The second-order valence-electron chi connectivity index (χ2n) is 6.76. The van der Waals surface area contributed by atoms with Crippen molar-refractivity contribution in [3.05, 3.63) is 59.5 Å². The first kappa shape index (κ1) is 22.9. The summed E-state index contributed by atoms with van der Waals surface area (Å²) >= 11 is 0. The molecule has 0 saturated heterocycles. The molecule has 156 valence electrons. The third kappa shape index (κ3) is 5.81. The van der Waals surface area contributed by atoms with Gasteiger partial charge in [0.25, 0.3) is 0 Å². The van der Waals surface area contributed by atoms with Gasteiger partial charge in [0, 0.05) is 31.8 Å². The summed E-state index contributed by atoms with van der Waals surface area (Å²) in [5.74, 6) is 2.61. The zero-order chi connectivity index (χ0) is 19.9. The van der Waals surface area contributed by atoms with Crippen LogP contribution in [-0.4, -0.2) is 41.3 Å². The minimum Gasteiger partial charge on any atom is -0.496 e. The summed E-state index contributed by atoms with van der Waals surface area (Å²) in [5.41, 5.74) is 3.19. The predicted octanol–water partition coefficient (Wildman–Crippen LogP) is 3.52. The highest BCUT2D eigenvalue weighted by molar-refractivity contribution is 14.0. The van der Waals surface area contributed by atoms with Gasteiger partial charge in [0.05, 0.1) is 13.2 Å². The van der Waals surface area contributed by atoms with Crippen LogP contribution in [0.1, 0.15) is 36.3 Å². The van der Waals surface area contributed by atoms with E-state index < -0.39 is 0 Å². The van der Waals surface area contributed by atoms with Crippen molar-refractivity contribution in [3.8, 4) is 5.75 Å². The van der Waals surface area contributed by atoms with Gasteiger partial charge in [-0.25, -0.2) is 0 Å². The molecule has 2 aromatic heterocycles. The molecule has 0 amide bonds. The number of aryl methyl sites for hydroxylation is 2. The van der Waals surface area contributed by atoms with Crippen molar-refractivity contribution < 1.29 is 4.74 Å². The molecule has 0 aliphatic heterocycles. The zero-order valence-corrected chi connectivity index (χ0v) is 19.7. The smallest absolute Gasteiger partial charge is 0.191 e. The molecule has 1 aromatic carbocycles. The summed E-state index contributed by atoms with van der Waals surface area (Å²) in [5, 5.41) is 15.3. The number of ether oxygens (including phenoxy) is 1. The van der Waals surface area contributed by atoms with Crippen LogP contribution in [0.3, 0.4) is 0 Å². The molecular weight excluding hydrogens is 479 g/mol. The van der Waals surface area contributed by atoms with Gasteiger partial charge in [0.1, 0.15) is 11.6 Å². The molecule has 0 bridgehead atoms. The number of nitrogens with zero attached hydrogens (tertiary/aromatic N) is 4. The number of aromatic nitrogens is 3. The molecule has 3 aromatic rings. The summed E-state index contributed by atoms with van der Waals surface area (Å²) in [4.78, 5) is 4.34. The molecule has 0 fully saturated rings. The predicted molar refractivity (Wildman–Crippen MR) is 127 cm³/mol. The standard InChI is InChI=1S/C21H28N6O.HI/c1-15-10-11-18(28-4)17(14-15)16(2)24-21(22-3)23-12-7-9-20-26-25-19-8-5-6-13-27(19)20;/h5-6,8,10-11,13-14,16H,7,9,12H2,1-4H3,(H2,22,23,24);1H. The van der Waals surface area contributed by atoms with Crippen molar-refractivity contribution in [3.63, 3.8) is 0 Å². The quantitative estimate of drug-likeness (QED) is 0.221. The Morgan fingerprint density at radius 3 is 2.83 bits per heavy atom. The van der Waals surface area contributed by atoms with Crippen molar-refractivity contribution in [1.29, 1.82) is 0 Å². The highest BCUT2D eigenvalue weighted by Crippen LogP contribution is 2.25. The van der Waals surface area contributed by atoms with Gasteiger partial charge >= 0.3 is 0 Å². The molecule has 0 saturated carbocycles. The summed E-state index contributed by atoms with van der Waals surface area (Å²) in [7, 11) is 3.48. The SMILES string of the molecule is CN=C(NCCCc1nnc2ccccn12)NC(C)c1cc(C)ccc1OC.I. The van der Waals surface area contributed by atoms with Crippen molar-refractivity contribution in [2.45, 2.75) is 32.7 Å². The van der Waals surface area contributed by atoms with Crippen LogP contribution in [0.15, 0.2) is 47.6 Å². The Morgan fingerprint density at radius 1 is 1.24 bits per heavy atom. The molecule has 1 atom stereocenters. The van der Waals surface area contributed by atoms with E-state index in [1.165, 1.54) is 5.56 Å². The lowest BCUT2D eigenvalue weighted by atomic mass is 10.0. The Morgan fingerprint density at radius 2 is 2.07 bits per heavy atom. The molecule has 2 N–H and O–H groups in total. The topological polar surface area (TPSA) is 75.8 Å². The van der Waals surface area contributed by atoms with Gasteiger partial charge in [-0.05, 0) is 38.5 Å². The number of hydrogen-bond donors (Lipinski definition) is 2. The van der Waals surface area contributed by atoms with Gasteiger partial charge in [-0.15, -0.1) is 34.2 Å². The lowest BCUT2D eigenvalue weighted by Gasteiger charge is -2.20. The van der Waals surface area contributed by atoms with Crippen molar-refractivity contribution >= 4 is 35.6 Å². The fraction of sp³-hybridized carbons (Fsp3) is 0.381. The third-order valence-electron chi connectivity index (χ3n) is 4.68. The number of nitrogens with one attached hydrogen (secondary N) is 2. The van der Waals surface area contributed by atoms with Gasteiger partial charge in [-0.3, -0.25) is 9.39 Å². The number of rotatable bonds is 7. The fourth-order valence-electron chi connectivity index (χ4n) is 3.18. The van der Waals surface area contributed by atoms with Crippen LogP contribution in [0.25, 0.3) is 5.65 Å². The number of halogens is 1. The summed E-state index contributed by atoms with van der Waals surface area (Å²) in [6.07, 6.45) is 3.77. The summed E-state index contributed by atoms with van der Waals surface area (Å²) in [6.45, 7) is 4.97. The van der Waals surface area contributed by atoms with Crippen LogP contribution in [0, 0.1) is 6.92 Å².